The Morgan fingerprint density at radius 3 is 2.04 bits per heavy atom. The summed E-state index contributed by atoms with van der Waals surface area (Å²) in [5, 5.41) is 16.9. The highest BCUT2D eigenvalue weighted by Crippen LogP contribution is 2.20. The molecule has 0 saturated heterocycles. The summed E-state index contributed by atoms with van der Waals surface area (Å²) in [6, 6.07) is 4.05. The third-order valence-corrected chi connectivity index (χ3v) is 8.28. The van der Waals surface area contributed by atoms with Crippen LogP contribution in [-0.2, 0) is 44.8 Å². The number of hydrogen-bond acceptors (Lipinski definition) is 11. The van der Waals surface area contributed by atoms with E-state index in [1.165, 1.54) is 0 Å². The second kappa shape index (κ2) is 22.1. The molecule has 5 N–H and O–H groups in total. The highest BCUT2D eigenvalue weighted by atomic mass is 16.6. The van der Waals surface area contributed by atoms with Crippen molar-refractivity contribution in [3.05, 3.63) is 35.9 Å². The maximum Gasteiger partial charge on any atom is 0.408 e. The summed E-state index contributed by atoms with van der Waals surface area (Å²) in [6.07, 6.45) is -2.32. The third kappa shape index (κ3) is 16.5. The van der Waals surface area contributed by atoms with Crippen molar-refractivity contribution in [2.45, 2.75) is 143 Å². The lowest BCUT2D eigenvalue weighted by molar-refractivity contribution is -0.165. The summed E-state index contributed by atoms with van der Waals surface area (Å²) in [5.41, 5.74) is 6.08. The maximum atomic E-state index is 13.9. The van der Waals surface area contributed by atoms with Gasteiger partial charge in [0.2, 0.25) is 17.7 Å². The molecule has 14 heteroatoms. The Morgan fingerprint density at radius 2 is 1.52 bits per heavy atom. The van der Waals surface area contributed by atoms with Crippen molar-refractivity contribution < 1.29 is 48.1 Å². The SMILES string of the molecule is CC[C@H](C)[C@H](NC(=O)OC(C)(C)C)C(=O)N[C@@H](CC(C)C)C(O)CCC(=O)N(C(=O)C(N)CC(C)C)C(CC(=O)OC)C(=O)OCc1ccccc1. The molecule has 294 valence electrons. The maximum absolute atomic E-state index is 13.9. The summed E-state index contributed by atoms with van der Waals surface area (Å²) < 4.78 is 15.6. The van der Waals surface area contributed by atoms with Crippen LogP contribution in [0.4, 0.5) is 4.79 Å². The molecule has 0 fully saturated rings. The zero-order valence-corrected chi connectivity index (χ0v) is 32.6. The molecule has 3 unspecified atom stereocenters. The van der Waals surface area contributed by atoms with Crippen molar-refractivity contribution in [1.29, 1.82) is 0 Å². The third-order valence-electron chi connectivity index (χ3n) is 8.28. The smallest absolute Gasteiger partial charge is 0.408 e. The molecule has 14 nitrogen and oxygen atoms in total. The number of nitrogens with zero attached hydrogens (tertiary/aromatic N) is 1. The lowest BCUT2D eigenvalue weighted by atomic mass is 9.93. The predicted molar refractivity (Wildman–Crippen MR) is 195 cm³/mol. The molecular weight excluding hydrogens is 672 g/mol. The van der Waals surface area contributed by atoms with Crippen molar-refractivity contribution in [3.63, 3.8) is 0 Å². The number of aliphatic hydroxyl groups is 1. The summed E-state index contributed by atoms with van der Waals surface area (Å²) in [4.78, 5) is 80.5. The van der Waals surface area contributed by atoms with Gasteiger partial charge < -0.3 is 35.7 Å². The van der Waals surface area contributed by atoms with Crippen molar-refractivity contribution in [3.8, 4) is 0 Å². The normalized spacial score (nSPS) is 15.0. The van der Waals surface area contributed by atoms with Crippen LogP contribution in [0.15, 0.2) is 30.3 Å². The van der Waals surface area contributed by atoms with Gasteiger partial charge in [-0.15, -0.1) is 0 Å². The van der Waals surface area contributed by atoms with Crippen molar-refractivity contribution in [1.82, 2.24) is 15.5 Å². The Hall–Kier alpha value is -4.04. The molecule has 1 aromatic carbocycles. The van der Waals surface area contributed by atoms with Crippen LogP contribution in [0, 0.1) is 17.8 Å². The van der Waals surface area contributed by atoms with Crippen LogP contribution in [0.25, 0.3) is 0 Å². The van der Waals surface area contributed by atoms with Crippen molar-refractivity contribution in [2.75, 3.05) is 7.11 Å². The predicted octanol–water partition coefficient (Wildman–Crippen LogP) is 4.00. The average Bonchev–Trinajstić information content (AvgIpc) is 3.06. The van der Waals surface area contributed by atoms with Gasteiger partial charge >= 0.3 is 18.0 Å². The van der Waals surface area contributed by atoms with Crippen LogP contribution in [0.5, 0.6) is 0 Å². The number of aliphatic hydroxyl groups excluding tert-OH is 1. The van der Waals surface area contributed by atoms with Gasteiger partial charge in [0.05, 0.1) is 31.7 Å². The monoisotopic (exact) mass is 734 g/mol. The van der Waals surface area contributed by atoms with Crippen LogP contribution in [-0.4, -0.2) is 88.7 Å². The highest BCUT2D eigenvalue weighted by molar-refractivity contribution is 6.02. The number of carbonyl (C=O) groups excluding carboxylic acids is 6. The summed E-state index contributed by atoms with van der Waals surface area (Å²) in [6.45, 7) is 16.1. The molecule has 0 aromatic heterocycles. The van der Waals surface area contributed by atoms with E-state index in [0.717, 1.165) is 7.11 Å². The van der Waals surface area contributed by atoms with Crippen LogP contribution in [0.3, 0.4) is 0 Å². The number of hydrogen-bond donors (Lipinski definition) is 4. The fourth-order valence-electron chi connectivity index (χ4n) is 5.41. The van der Waals surface area contributed by atoms with Crippen molar-refractivity contribution >= 4 is 35.8 Å². The molecule has 52 heavy (non-hydrogen) atoms. The Balaban J connectivity index is 3.36. The number of rotatable bonds is 20. The second-order valence-electron chi connectivity index (χ2n) is 15.1. The number of imide groups is 1. The van der Waals surface area contributed by atoms with Crippen molar-refractivity contribution in [2.24, 2.45) is 23.5 Å². The first-order valence-corrected chi connectivity index (χ1v) is 18.1. The van der Waals surface area contributed by atoms with E-state index in [0.29, 0.717) is 23.3 Å². The topological polar surface area (TPSA) is 204 Å². The van der Waals surface area contributed by atoms with Gasteiger partial charge in [-0.3, -0.25) is 24.1 Å². The number of nitrogens with two attached hydrogens (primary N) is 1. The molecule has 1 aromatic rings. The van der Waals surface area contributed by atoms with Gasteiger partial charge in [0.15, 0.2) is 0 Å². The van der Waals surface area contributed by atoms with E-state index in [2.05, 4.69) is 10.6 Å². The van der Waals surface area contributed by atoms with Gasteiger partial charge in [-0.05, 0) is 63.4 Å². The second-order valence-corrected chi connectivity index (χ2v) is 15.1. The summed E-state index contributed by atoms with van der Waals surface area (Å²) >= 11 is 0. The minimum atomic E-state index is -1.69. The molecule has 0 heterocycles. The molecule has 0 radical (unpaired) electrons. The molecule has 0 spiro atoms. The van der Waals surface area contributed by atoms with Gasteiger partial charge in [-0.25, -0.2) is 9.59 Å². The minimum Gasteiger partial charge on any atom is -0.469 e. The number of methoxy groups -OCH3 is 1. The minimum absolute atomic E-state index is 0.00689. The molecular formula is C38H62N4O10. The molecule has 0 saturated carbocycles. The number of alkyl carbamates (subject to hydrolysis) is 1. The average molecular weight is 735 g/mol. The van der Waals surface area contributed by atoms with E-state index in [1.54, 1.807) is 58.0 Å². The van der Waals surface area contributed by atoms with E-state index < -0.39 is 84.5 Å². The number of carbonyl (C=O) groups is 6. The number of nitrogens with one attached hydrogen (secondary N) is 2. The Bertz CT molecular complexity index is 1310. The lowest BCUT2D eigenvalue weighted by Crippen LogP contribution is -2.56. The standard InChI is InChI=1S/C38H62N4O10/c1-11-25(6)33(41-37(49)52-38(7,8)9)34(46)40-28(20-24(4)5)30(43)17-18-31(44)42(35(47)27(39)19-23(2)3)29(21-32(45)50-10)36(48)51-22-26-15-13-12-14-16-26/h12-16,23-25,27-30,33,43H,11,17-22,39H2,1-10H3,(H,40,46)(H,41,49)/t25-,27?,28-,29?,30?,33-/m0/s1. The quantitative estimate of drug-likeness (QED) is 0.111. The number of amides is 4. The Kier molecular flexibility index (Phi) is 19.6. The molecule has 0 aliphatic rings. The van der Waals surface area contributed by atoms with Gasteiger partial charge in [-0.2, -0.15) is 0 Å². The zero-order valence-electron chi connectivity index (χ0n) is 32.6. The largest absolute Gasteiger partial charge is 0.469 e. The zero-order chi connectivity index (χ0) is 39.8. The first-order chi connectivity index (χ1) is 24.2. The van der Waals surface area contributed by atoms with E-state index in [4.69, 9.17) is 19.9 Å². The van der Waals surface area contributed by atoms with E-state index in [-0.39, 0.29) is 37.2 Å². The van der Waals surface area contributed by atoms with Gasteiger partial charge in [0, 0.05) is 6.42 Å². The molecule has 0 aliphatic carbocycles. The molecule has 0 aliphatic heterocycles. The molecule has 4 amide bonds. The molecule has 0 bridgehead atoms. The van der Waals surface area contributed by atoms with Crippen LogP contribution < -0.4 is 16.4 Å². The molecule has 1 rings (SSSR count). The first kappa shape index (κ1) is 46.0. The fraction of sp³-hybridized carbons (Fsp3) is 0.684. The number of benzene rings is 1. The van der Waals surface area contributed by atoms with E-state index in [1.807, 2.05) is 34.6 Å². The highest BCUT2D eigenvalue weighted by Gasteiger charge is 2.40. The van der Waals surface area contributed by atoms with Gasteiger partial charge in [0.1, 0.15) is 24.3 Å². The Labute approximate surface area is 308 Å². The van der Waals surface area contributed by atoms with Crippen LogP contribution >= 0.6 is 0 Å². The van der Waals surface area contributed by atoms with Crippen LogP contribution in [0.2, 0.25) is 0 Å². The van der Waals surface area contributed by atoms with Crippen LogP contribution in [0.1, 0.15) is 106 Å². The van der Waals surface area contributed by atoms with Gasteiger partial charge in [0.25, 0.3) is 0 Å². The first-order valence-electron chi connectivity index (χ1n) is 18.1. The molecule has 6 atom stereocenters. The number of ether oxygens (including phenoxy) is 3. The van der Waals surface area contributed by atoms with E-state index >= 15 is 0 Å². The number of esters is 2. The summed E-state index contributed by atoms with van der Waals surface area (Å²) in [7, 11) is 1.11. The lowest BCUT2D eigenvalue weighted by Gasteiger charge is -2.32. The fourth-order valence-corrected chi connectivity index (χ4v) is 5.41. The Morgan fingerprint density at radius 1 is 0.923 bits per heavy atom. The van der Waals surface area contributed by atoms with E-state index in [9.17, 15) is 33.9 Å². The summed E-state index contributed by atoms with van der Waals surface area (Å²) in [5.74, 6) is -4.46. The van der Waals surface area contributed by atoms with Gasteiger partial charge in [-0.1, -0.05) is 78.3 Å².